The van der Waals surface area contributed by atoms with Crippen molar-refractivity contribution < 1.29 is 4.39 Å². The van der Waals surface area contributed by atoms with Crippen LogP contribution in [-0.2, 0) is 6.42 Å². The zero-order valence-electron chi connectivity index (χ0n) is 11.6. The van der Waals surface area contributed by atoms with Gasteiger partial charge in [0, 0.05) is 5.39 Å². The van der Waals surface area contributed by atoms with E-state index in [1.165, 1.54) is 28.8 Å². The maximum absolute atomic E-state index is 13.1. The zero-order valence-corrected chi connectivity index (χ0v) is 11.6. The standard InChI is InChI=1S/C18H15FN2/c1-12-3-2-4-13-10-18-14(9-17(12)13)11-20-21(18)16-7-5-15(19)6-8-16/h5-11H,1-4H2. The molecule has 0 fully saturated rings. The quantitative estimate of drug-likeness (QED) is 0.640. The Morgan fingerprint density at radius 2 is 1.90 bits per heavy atom. The first-order valence-corrected chi connectivity index (χ1v) is 7.17. The van der Waals surface area contributed by atoms with Crippen molar-refractivity contribution in [2.24, 2.45) is 0 Å². The van der Waals surface area contributed by atoms with Crippen LogP contribution in [0.1, 0.15) is 24.0 Å². The van der Waals surface area contributed by atoms with Gasteiger partial charge < -0.3 is 0 Å². The van der Waals surface area contributed by atoms with Gasteiger partial charge in [-0.3, -0.25) is 0 Å². The third-order valence-electron chi connectivity index (χ3n) is 4.17. The van der Waals surface area contributed by atoms with E-state index in [2.05, 4.69) is 23.8 Å². The van der Waals surface area contributed by atoms with Gasteiger partial charge in [-0.15, -0.1) is 0 Å². The van der Waals surface area contributed by atoms with Crippen molar-refractivity contribution in [3.63, 3.8) is 0 Å². The van der Waals surface area contributed by atoms with E-state index in [1.54, 1.807) is 12.1 Å². The molecule has 104 valence electrons. The summed E-state index contributed by atoms with van der Waals surface area (Å²) in [4.78, 5) is 0. The summed E-state index contributed by atoms with van der Waals surface area (Å²) in [5.41, 5.74) is 5.76. The van der Waals surface area contributed by atoms with Crippen LogP contribution in [0.5, 0.6) is 0 Å². The first-order chi connectivity index (χ1) is 10.2. The molecule has 3 aromatic rings. The highest BCUT2D eigenvalue weighted by atomic mass is 19.1. The van der Waals surface area contributed by atoms with E-state index < -0.39 is 0 Å². The van der Waals surface area contributed by atoms with Gasteiger partial charge in [0.1, 0.15) is 5.82 Å². The van der Waals surface area contributed by atoms with E-state index in [1.807, 2.05) is 10.9 Å². The third-order valence-corrected chi connectivity index (χ3v) is 4.17. The molecule has 4 rings (SSSR count). The van der Waals surface area contributed by atoms with Crippen LogP contribution in [0.15, 0.2) is 49.2 Å². The maximum atomic E-state index is 13.1. The highest BCUT2D eigenvalue weighted by Crippen LogP contribution is 2.33. The van der Waals surface area contributed by atoms with Crippen molar-refractivity contribution >= 4 is 16.5 Å². The average Bonchev–Trinajstić information content (AvgIpc) is 2.90. The van der Waals surface area contributed by atoms with Gasteiger partial charge in [-0.05, 0) is 72.4 Å². The number of hydrogen-bond donors (Lipinski definition) is 0. The Balaban J connectivity index is 1.92. The number of halogens is 1. The molecular weight excluding hydrogens is 263 g/mol. The second kappa shape index (κ2) is 4.55. The van der Waals surface area contributed by atoms with Gasteiger partial charge in [-0.2, -0.15) is 5.10 Å². The maximum Gasteiger partial charge on any atom is 0.123 e. The van der Waals surface area contributed by atoms with E-state index in [0.717, 1.165) is 35.9 Å². The molecule has 1 heterocycles. The Hall–Kier alpha value is -2.42. The number of allylic oxidation sites excluding steroid dienone is 1. The summed E-state index contributed by atoms with van der Waals surface area (Å²) in [5.74, 6) is -0.233. The SMILES string of the molecule is C=C1CCCc2cc3c(cnn3-c3ccc(F)cc3)cc21. The minimum absolute atomic E-state index is 0.233. The number of fused-ring (bicyclic) bond motifs is 2. The molecule has 0 saturated heterocycles. The number of nitrogens with zero attached hydrogens (tertiary/aromatic N) is 2. The molecule has 21 heavy (non-hydrogen) atoms. The lowest BCUT2D eigenvalue weighted by Gasteiger charge is -2.18. The molecule has 0 spiro atoms. The number of aryl methyl sites for hydroxylation is 1. The fraction of sp³-hybridized carbons (Fsp3) is 0.167. The van der Waals surface area contributed by atoms with Crippen molar-refractivity contribution in [1.29, 1.82) is 0 Å². The second-order valence-electron chi connectivity index (χ2n) is 5.56. The number of rotatable bonds is 1. The van der Waals surface area contributed by atoms with Crippen molar-refractivity contribution in [3.05, 3.63) is 66.1 Å². The van der Waals surface area contributed by atoms with Gasteiger partial charge in [0.2, 0.25) is 0 Å². The molecule has 0 aliphatic heterocycles. The number of benzene rings is 2. The Morgan fingerprint density at radius 3 is 2.71 bits per heavy atom. The summed E-state index contributed by atoms with van der Waals surface area (Å²) in [6, 6.07) is 10.8. The predicted molar refractivity (Wildman–Crippen MR) is 83.0 cm³/mol. The Kier molecular flexibility index (Phi) is 2.67. The predicted octanol–water partition coefficient (Wildman–Crippen LogP) is 4.51. The lowest BCUT2D eigenvalue weighted by Crippen LogP contribution is -2.02. The smallest absolute Gasteiger partial charge is 0.123 e. The highest BCUT2D eigenvalue weighted by molar-refractivity contribution is 5.86. The fourth-order valence-corrected chi connectivity index (χ4v) is 3.07. The summed E-state index contributed by atoms with van der Waals surface area (Å²) < 4.78 is 14.9. The molecule has 0 amide bonds. The van der Waals surface area contributed by atoms with E-state index in [9.17, 15) is 4.39 Å². The number of hydrogen-bond acceptors (Lipinski definition) is 1. The van der Waals surface area contributed by atoms with Crippen molar-refractivity contribution in [1.82, 2.24) is 9.78 Å². The summed E-state index contributed by atoms with van der Waals surface area (Å²) in [7, 11) is 0. The van der Waals surface area contributed by atoms with Crippen LogP contribution >= 0.6 is 0 Å². The average molecular weight is 278 g/mol. The Bertz CT molecular complexity index is 844. The van der Waals surface area contributed by atoms with Crippen molar-refractivity contribution in [3.8, 4) is 5.69 Å². The molecule has 0 unspecified atom stereocenters. The first kappa shape index (κ1) is 12.3. The van der Waals surface area contributed by atoms with Crippen LogP contribution in [0.25, 0.3) is 22.2 Å². The van der Waals surface area contributed by atoms with Gasteiger partial charge in [-0.1, -0.05) is 6.58 Å². The topological polar surface area (TPSA) is 17.8 Å². The number of aromatic nitrogens is 2. The Morgan fingerprint density at radius 1 is 1.10 bits per heavy atom. The monoisotopic (exact) mass is 278 g/mol. The first-order valence-electron chi connectivity index (χ1n) is 7.17. The van der Waals surface area contributed by atoms with Gasteiger partial charge in [0.15, 0.2) is 0 Å². The van der Waals surface area contributed by atoms with Gasteiger partial charge in [-0.25, -0.2) is 9.07 Å². The molecule has 2 aromatic carbocycles. The van der Waals surface area contributed by atoms with Gasteiger partial charge in [0.05, 0.1) is 17.4 Å². The molecule has 0 N–H and O–H groups in total. The lowest BCUT2D eigenvalue weighted by atomic mass is 9.87. The molecule has 0 radical (unpaired) electrons. The lowest BCUT2D eigenvalue weighted by molar-refractivity contribution is 0.627. The van der Waals surface area contributed by atoms with Crippen LogP contribution in [-0.4, -0.2) is 9.78 Å². The van der Waals surface area contributed by atoms with E-state index in [4.69, 9.17) is 0 Å². The van der Waals surface area contributed by atoms with Crippen LogP contribution in [0, 0.1) is 5.82 Å². The van der Waals surface area contributed by atoms with Crippen LogP contribution in [0.2, 0.25) is 0 Å². The molecule has 0 bridgehead atoms. The van der Waals surface area contributed by atoms with Crippen LogP contribution in [0.4, 0.5) is 4.39 Å². The summed E-state index contributed by atoms with van der Waals surface area (Å²) in [6.45, 7) is 4.17. The van der Waals surface area contributed by atoms with Crippen molar-refractivity contribution in [2.45, 2.75) is 19.3 Å². The third kappa shape index (κ3) is 1.97. The molecule has 2 nitrogen and oxygen atoms in total. The molecule has 1 aromatic heterocycles. The molecule has 0 atom stereocenters. The second-order valence-corrected chi connectivity index (χ2v) is 5.56. The summed E-state index contributed by atoms with van der Waals surface area (Å²) in [5, 5.41) is 5.55. The van der Waals surface area contributed by atoms with Gasteiger partial charge in [0.25, 0.3) is 0 Å². The van der Waals surface area contributed by atoms with E-state index in [-0.39, 0.29) is 5.82 Å². The van der Waals surface area contributed by atoms with Crippen LogP contribution in [0.3, 0.4) is 0 Å². The fourth-order valence-electron chi connectivity index (χ4n) is 3.07. The Labute approximate surface area is 122 Å². The molecule has 3 heteroatoms. The molecular formula is C18H15FN2. The molecule has 1 aliphatic carbocycles. The largest absolute Gasteiger partial charge is 0.233 e. The summed E-state index contributed by atoms with van der Waals surface area (Å²) >= 11 is 0. The van der Waals surface area contributed by atoms with E-state index >= 15 is 0 Å². The van der Waals surface area contributed by atoms with Crippen LogP contribution < -0.4 is 0 Å². The van der Waals surface area contributed by atoms with Gasteiger partial charge >= 0.3 is 0 Å². The normalized spacial score (nSPS) is 14.4. The minimum atomic E-state index is -0.233. The summed E-state index contributed by atoms with van der Waals surface area (Å²) in [6.07, 6.45) is 5.17. The zero-order chi connectivity index (χ0) is 14.4. The van der Waals surface area contributed by atoms with E-state index in [0.29, 0.717) is 0 Å². The van der Waals surface area contributed by atoms with Crippen molar-refractivity contribution in [2.75, 3.05) is 0 Å². The molecule has 0 saturated carbocycles. The minimum Gasteiger partial charge on any atom is -0.233 e. The highest BCUT2D eigenvalue weighted by Gasteiger charge is 2.15. The molecule has 1 aliphatic rings.